The summed E-state index contributed by atoms with van der Waals surface area (Å²) in [5.74, 6) is -2.50. The molecule has 0 spiro atoms. The molecule has 4 nitrogen and oxygen atoms in total. The summed E-state index contributed by atoms with van der Waals surface area (Å²) in [5.41, 5.74) is 1.09. The van der Waals surface area contributed by atoms with E-state index in [1.807, 2.05) is 0 Å². The maximum absolute atomic E-state index is 12.4. The molecular formula is C18H14ClF3N2O2. The SMILES string of the molecule is O=C(/C=C/c1ccc(Cl)cc1)NCc1ccccc1NC(=O)C(F)(F)F. The second-order valence-electron chi connectivity index (χ2n) is 5.21. The fourth-order valence-corrected chi connectivity index (χ4v) is 2.10. The first-order chi connectivity index (χ1) is 12.3. The minimum Gasteiger partial charge on any atom is -0.348 e. The molecule has 0 aliphatic rings. The molecule has 0 unspecified atom stereocenters. The summed E-state index contributed by atoms with van der Waals surface area (Å²) in [6, 6.07) is 12.7. The van der Waals surface area contributed by atoms with E-state index in [1.165, 1.54) is 24.3 Å². The third kappa shape index (κ3) is 5.93. The van der Waals surface area contributed by atoms with Gasteiger partial charge in [-0.1, -0.05) is 41.9 Å². The van der Waals surface area contributed by atoms with E-state index in [-0.39, 0.29) is 12.2 Å². The van der Waals surface area contributed by atoms with Gasteiger partial charge < -0.3 is 10.6 Å². The molecule has 2 N–H and O–H groups in total. The monoisotopic (exact) mass is 382 g/mol. The first-order valence-electron chi connectivity index (χ1n) is 7.43. The van der Waals surface area contributed by atoms with Crippen molar-refractivity contribution in [1.82, 2.24) is 5.32 Å². The Kier molecular flexibility index (Phi) is 6.41. The number of alkyl halides is 3. The third-order valence-electron chi connectivity index (χ3n) is 3.27. The number of hydrogen-bond donors (Lipinski definition) is 2. The van der Waals surface area contributed by atoms with Crippen LogP contribution in [0.25, 0.3) is 6.08 Å². The molecule has 0 saturated heterocycles. The molecule has 2 aromatic carbocycles. The molecule has 0 aliphatic carbocycles. The summed E-state index contributed by atoms with van der Waals surface area (Å²) in [4.78, 5) is 22.9. The molecule has 8 heteroatoms. The van der Waals surface area contributed by atoms with Crippen LogP contribution in [-0.2, 0) is 16.1 Å². The van der Waals surface area contributed by atoms with Gasteiger partial charge in [0.05, 0.1) is 0 Å². The summed E-state index contributed by atoms with van der Waals surface area (Å²) in [6.45, 7) is -0.0435. The summed E-state index contributed by atoms with van der Waals surface area (Å²) >= 11 is 5.77. The van der Waals surface area contributed by atoms with E-state index < -0.39 is 18.0 Å². The molecule has 0 fully saturated rings. The average molecular weight is 383 g/mol. The van der Waals surface area contributed by atoms with Gasteiger partial charge in [-0.2, -0.15) is 13.2 Å². The highest BCUT2D eigenvalue weighted by Gasteiger charge is 2.38. The predicted molar refractivity (Wildman–Crippen MR) is 93.5 cm³/mol. The Hall–Kier alpha value is -2.80. The number of nitrogens with one attached hydrogen (secondary N) is 2. The van der Waals surface area contributed by atoms with E-state index in [2.05, 4.69) is 5.32 Å². The maximum Gasteiger partial charge on any atom is 0.471 e. The number of benzene rings is 2. The summed E-state index contributed by atoms with van der Waals surface area (Å²) in [7, 11) is 0. The van der Waals surface area contributed by atoms with E-state index in [1.54, 1.807) is 41.7 Å². The van der Waals surface area contributed by atoms with Gasteiger partial charge in [0.1, 0.15) is 0 Å². The van der Waals surface area contributed by atoms with Gasteiger partial charge in [-0.3, -0.25) is 9.59 Å². The Morgan fingerprint density at radius 1 is 1.04 bits per heavy atom. The summed E-state index contributed by atoms with van der Waals surface area (Å²) in [5, 5.41) is 4.91. The van der Waals surface area contributed by atoms with Gasteiger partial charge in [-0.05, 0) is 35.4 Å². The molecule has 2 amide bonds. The number of carbonyl (C=O) groups excluding carboxylic acids is 2. The highest BCUT2D eigenvalue weighted by Crippen LogP contribution is 2.21. The van der Waals surface area contributed by atoms with Crippen LogP contribution in [0.2, 0.25) is 5.02 Å². The Morgan fingerprint density at radius 2 is 1.69 bits per heavy atom. The van der Waals surface area contributed by atoms with Crippen molar-refractivity contribution >= 4 is 35.2 Å². The van der Waals surface area contributed by atoms with Crippen molar-refractivity contribution in [3.05, 3.63) is 70.8 Å². The van der Waals surface area contributed by atoms with E-state index in [4.69, 9.17) is 11.6 Å². The minimum absolute atomic E-state index is 0.0168. The highest BCUT2D eigenvalue weighted by molar-refractivity contribution is 6.30. The lowest BCUT2D eigenvalue weighted by Crippen LogP contribution is -2.30. The largest absolute Gasteiger partial charge is 0.471 e. The molecule has 2 rings (SSSR count). The van der Waals surface area contributed by atoms with Crippen molar-refractivity contribution < 1.29 is 22.8 Å². The first-order valence-corrected chi connectivity index (χ1v) is 7.81. The molecular weight excluding hydrogens is 369 g/mol. The number of halogens is 4. The summed E-state index contributed by atoms with van der Waals surface area (Å²) in [6.07, 6.45) is -2.12. The lowest BCUT2D eigenvalue weighted by Gasteiger charge is -2.12. The summed E-state index contributed by atoms with van der Waals surface area (Å²) < 4.78 is 37.1. The molecule has 136 valence electrons. The van der Waals surface area contributed by atoms with Crippen LogP contribution in [-0.4, -0.2) is 18.0 Å². The zero-order valence-corrected chi connectivity index (χ0v) is 14.1. The number of hydrogen-bond acceptors (Lipinski definition) is 2. The quantitative estimate of drug-likeness (QED) is 0.762. The molecule has 0 heterocycles. The average Bonchev–Trinajstić information content (AvgIpc) is 2.59. The van der Waals surface area contributed by atoms with Crippen molar-refractivity contribution in [1.29, 1.82) is 0 Å². The van der Waals surface area contributed by atoms with Crippen LogP contribution in [0.1, 0.15) is 11.1 Å². The van der Waals surface area contributed by atoms with Crippen LogP contribution in [0.15, 0.2) is 54.6 Å². The number of amides is 2. The van der Waals surface area contributed by atoms with E-state index in [0.717, 1.165) is 5.56 Å². The second-order valence-corrected chi connectivity index (χ2v) is 5.65. The standard InChI is InChI=1S/C18H14ClF3N2O2/c19-14-8-5-12(6-9-14)7-10-16(25)23-11-13-3-1-2-4-15(13)24-17(26)18(20,21)22/h1-10H,11H2,(H,23,25)(H,24,26)/b10-7+. The molecule has 0 aliphatic heterocycles. The lowest BCUT2D eigenvalue weighted by atomic mass is 10.1. The van der Waals surface area contributed by atoms with Gasteiger partial charge in [0.2, 0.25) is 5.91 Å². The van der Waals surface area contributed by atoms with Crippen LogP contribution in [0.3, 0.4) is 0 Å². The number of carbonyl (C=O) groups is 2. The lowest BCUT2D eigenvalue weighted by molar-refractivity contribution is -0.167. The maximum atomic E-state index is 12.4. The van der Waals surface area contributed by atoms with Gasteiger partial charge in [0.25, 0.3) is 0 Å². The Bertz CT molecular complexity index is 818. The third-order valence-corrected chi connectivity index (χ3v) is 3.53. The molecule has 0 saturated carbocycles. The molecule has 26 heavy (non-hydrogen) atoms. The van der Waals surface area contributed by atoms with Crippen molar-refractivity contribution in [3.63, 3.8) is 0 Å². The molecule has 0 radical (unpaired) electrons. The van der Waals surface area contributed by atoms with Crippen molar-refractivity contribution in [3.8, 4) is 0 Å². The Labute approximate surface area is 152 Å². The number of para-hydroxylation sites is 1. The zero-order valence-electron chi connectivity index (χ0n) is 13.3. The number of anilines is 1. The second kappa shape index (κ2) is 8.53. The fraction of sp³-hybridized carbons (Fsp3) is 0.111. The van der Waals surface area contributed by atoms with Crippen LogP contribution in [0.5, 0.6) is 0 Å². The van der Waals surface area contributed by atoms with Gasteiger partial charge >= 0.3 is 12.1 Å². The van der Waals surface area contributed by atoms with E-state index >= 15 is 0 Å². The van der Waals surface area contributed by atoms with E-state index in [0.29, 0.717) is 10.6 Å². The van der Waals surface area contributed by atoms with E-state index in [9.17, 15) is 22.8 Å². The van der Waals surface area contributed by atoms with Crippen LogP contribution >= 0.6 is 11.6 Å². The van der Waals surface area contributed by atoms with Crippen LogP contribution in [0, 0.1) is 0 Å². The minimum atomic E-state index is -4.99. The predicted octanol–water partition coefficient (Wildman–Crippen LogP) is 4.17. The topological polar surface area (TPSA) is 58.2 Å². The van der Waals surface area contributed by atoms with Crippen molar-refractivity contribution in [2.45, 2.75) is 12.7 Å². The number of rotatable bonds is 5. The normalized spacial score (nSPS) is 11.4. The van der Waals surface area contributed by atoms with Gasteiger partial charge in [-0.15, -0.1) is 0 Å². The molecule has 2 aromatic rings. The molecule has 0 bridgehead atoms. The molecule has 0 aromatic heterocycles. The van der Waals surface area contributed by atoms with Crippen molar-refractivity contribution in [2.75, 3.05) is 5.32 Å². The van der Waals surface area contributed by atoms with Crippen molar-refractivity contribution in [2.24, 2.45) is 0 Å². The Balaban J connectivity index is 1.97. The fourth-order valence-electron chi connectivity index (χ4n) is 1.98. The van der Waals surface area contributed by atoms with Crippen LogP contribution < -0.4 is 10.6 Å². The zero-order chi connectivity index (χ0) is 19.2. The highest BCUT2D eigenvalue weighted by atomic mass is 35.5. The Morgan fingerprint density at radius 3 is 2.35 bits per heavy atom. The van der Waals surface area contributed by atoms with Gasteiger partial charge in [0, 0.05) is 23.3 Å². The van der Waals surface area contributed by atoms with Gasteiger partial charge in [0.15, 0.2) is 0 Å². The first kappa shape index (κ1) is 19.5. The van der Waals surface area contributed by atoms with Crippen LogP contribution in [0.4, 0.5) is 18.9 Å². The smallest absolute Gasteiger partial charge is 0.348 e. The van der Waals surface area contributed by atoms with Gasteiger partial charge in [-0.25, -0.2) is 0 Å². The molecule has 0 atom stereocenters.